The fraction of sp³-hybridized carbons (Fsp3) is 0.429. The Kier molecular flexibility index (Phi) is 2.98. The van der Waals surface area contributed by atoms with Crippen molar-refractivity contribution in [1.29, 1.82) is 0 Å². The first kappa shape index (κ1) is 11.5. The standard InChI is InChI=1S/C14H18ClN/c1-14(2,3)8-10-16-9-7-11-5-4-6-12(15)13(11)16/h4-7,9H,8,10H2,1-3H3. The summed E-state index contributed by atoms with van der Waals surface area (Å²) in [4.78, 5) is 0. The molecular formula is C14H18ClN. The zero-order valence-corrected chi connectivity index (χ0v) is 10.9. The molecule has 0 bridgehead atoms. The molecule has 16 heavy (non-hydrogen) atoms. The minimum atomic E-state index is 0.359. The molecule has 0 N–H and O–H groups in total. The summed E-state index contributed by atoms with van der Waals surface area (Å²) in [5.74, 6) is 0. The van der Waals surface area contributed by atoms with Gasteiger partial charge >= 0.3 is 0 Å². The van der Waals surface area contributed by atoms with E-state index in [1.54, 1.807) is 0 Å². The molecule has 1 heterocycles. The van der Waals surface area contributed by atoms with Crippen LogP contribution in [0.1, 0.15) is 27.2 Å². The molecule has 1 nitrogen and oxygen atoms in total. The van der Waals surface area contributed by atoms with E-state index in [0.29, 0.717) is 5.41 Å². The number of hydrogen-bond donors (Lipinski definition) is 0. The third-order valence-corrected chi connectivity index (χ3v) is 3.15. The minimum Gasteiger partial charge on any atom is -0.346 e. The molecule has 0 saturated heterocycles. The lowest BCUT2D eigenvalue weighted by atomic mass is 9.92. The highest BCUT2D eigenvalue weighted by molar-refractivity contribution is 6.35. The van der Waals surface area contributed by atoms with Gasteiger partial charge in [-0.2, -0.15) is 0 Å². The lowest BCUT2D eigenvalue weighted by Gasteiger charge is -2.18. The Morgan fingerprint density at radius 3 is 2.62 bits per heavy atom. The van der Waals surface area contributed by atoms with E-state index in [9.17, 15) is 0 Å². The number of aromatic nitrogens is 1. The summed E-state index contributed by atoms with van der Waals surface area (Å²) < 4.78 is 2.25. The first-order valence-electron chi connectivity index (χ1n) is 5.71. The molecule has 0 saturated carbocycles. The average Bonchev–Trinajstić information content (AvgIpc) is 2.58. The second-order valence-corrected chi connectivity index (χ2v) is 5.90. The van der Waals surface area contributed by atoms with Crippen LogP contribution >= 0.6 is 11.6 Å². The highest BCUT2D eigenvalue weighted by Crippen LogP contribution is 2.26. The first-order chi connectivity index (χ1) is 7.47. The van der Waals surface area contributed by atoms with E-state index in [1.807, 2.05) is 12.1 Å². The smallest absolute Gasteiger partial charge is 0.0669 e. The number of aryl methyl sites for hydroxylation is 1. The number of hydrogen-bond acceptors (Lipinski definition) is 0. The summed E-state index contributed by atoms with van der Waals surface area (Å²) in [6.45, 7) is 7.82. The van der Waals surface area contributed by atoms with Gasteiger partial charge in [-0.3, -0.25) is 0 Å². The van der Waals surface area contributed by atoms with Crippen LogP contribution in [-0.4, -0.2) is 4.57 Å². The Hall–Kier alpha value is -0.950. The van der Waals surface area contributed by atoms with Crippen LogP contribution in [0, 0.1) is 5.41 Å². The summed E-state index contributed by atoms with van der Waals surface area (Å²) in [6.07, 6.45) is 3.28. The predicted octanol–water partition coefficient (Wildman–Crippen LogP) is 4.73. The van der Waals surface area contributed by atoms with Crippen LogP contribution in [0.5, 0.6) is 0 Å². The van der Waals surface area contributed by atoms with Crippen molar-refractivity contribution in [3.63, 3.8) is 0 Å². The van der Waals surface area contributed by atoms with Crippen LogP contribution in [0.2, 0.25) is 5.02 Å². The van der Waals surface area contributed by atoms with Crippen molar-refractivity contribution in [1.82, 2.24) is 4.57 Å². The number of para-hydroxylation sites is 1. The summed E-state index contributed by atoms with van der Waals surface area (Å²) in [5.41, 5.74) is 1.52. The van der Waals surface area contributed by atoms with Crippen molar-refractivity contribution in [3.8, 4) is 0 Å². The third-order valence-electron chi connectivity index (χ3n) is 2.84. The molecule has 2 rings (SSSR count). The molecule has 0 aliphatic carbocycles. The van der Waals surface area contributed by atoms with E-state index in [2.05, 4.69) is 43.7 Å². The molecule has 0 fully saturated rings. The monoisotopic (exact) mass is 235 g/mol. The van der Waals surface area contributed by atoms with Crippen LogP contribution < -0.4 is 0 Å². The second-order valence-electron chi connectivity index (χ2n) is 5.50. The molecule has 0 amide bonds. The molecule has 0 radical (unpaired) electrons. The van der Waals surface area contributed by atoms with Crippen molar-refractivity contribution >= 4 is 22.5 Å². The molecule has 0 unspecified atom stereocenters. The Morgan fingerprint density at radius 1 is 1.19 bits per heavy atom. The predicted molar refractivity (Wildman–Crippen MR) is 71.0 cm³/mol. The summed E-state index contributed by atoms with van der Waals surface area (Å²) >= 11 is 6.23. The van der Waals surface area contributed by atoms with Gasteiger partial charge in [0.05, 0.1) is 10.5 Å². The molecule has 2 aromatic rings. The number of halogens is 1. The lowest BCUT2D eigenvalue weighted by molar-refractivity contribution is 0.353. The quantitative estimate of drug-likeness (QED) is 0.709. The highest BCUT2D eigenvalue weighted by atomic mass is 35.5. The van der Waals surface area contributed by atoms with Crippen molar-refractivity contribution in [2.45, 2.75) is 33.7 Å². The normalized spacial score (nSPS) is 12.2. The molecule has 1 aromatic heterocycles. The van der Waals surface area contributed by atoms with Crippen molar-refractivity contribution in [2.75, 3.05) is 0 Å². The molecule has 0 spiro atoms. The zero-order chi connectivity index (χ0) is 11.8. The van der Waals surface area contributed by atoms with Crippen LogP contribution in [-0.2, 0) is 6.54 Å². The fourth-order valence-corrected chi connectivity index (χ4v) is 2.15. The van der Waals surface area contributed by atoms with Crippen LogP contribution in [0.3, 0.4) is 0 Å². The van der Waals surface area contributed by atoms with Gasteiger partial charge in [-0.05, 0) is 24.0 Å². The summed E-state index contributed by atoms with van der Waals surface area (Å²) in [6, 6.07) is 8.19. The topological polar surface area (TPSA) is 4.93 Å². The third kappa shape index (κ3) is 2.41. The maximum atomic E-state index is 6.23. The Bertz CT molecular complexity index is 491. The SMILES string of the molecule is CC(C)(C)CCn1ccc2cccc(Cl)c21. The molecule has 1 aromatic carbocycles. The maximum absolute atomic E-state index is 6.23. The zero-order valence-electron chi connectivity index (χ0n) is 10.1. The Balaban J connectivity index is 2.32. The largest absolute Gasteiger partial charge is 0.346 e. The van der Waals surface area contributed by atoms with Gasteiger partial charge in [0.1, 0.15) is 0 Å². The van der Waals surface area contributed by atoms with E-state index in [0.717, 1.165) is 23.5 Å². The highest BCUT2D eigenvalue weighted by Gasteiger charge is 2.11. The minimum absolute atomic E-state index is 0.359. The van der Waals surface area contributed by atoms with Gasteiger partial charge in [-0.1, -0.05) is 44.5 Å². The molecule has 0 aliphatic heterocycles. The van der Waals surface area contributed by atoms with Crippen molar-refractivity contribution in [2.24, 2.45) is 5.41 Å². The van der Waals surface area contributed by atoms with Gasteiger partial charge in [-0.25, -0.2) is 0 Å². The number of nitrogens with zero attached hydrogens (tertiary/aromatic N) is 1. The second kappa shape index (κ2) is 4.14. The summed E-state index contributed by atoms with van der Waals surface area (Å²) in [5, 5.41) is 2.07. The summed E-state index contributed by atoms with van der Waals surface area (Å²) in [7, 11) is 0. The molecule has 86 valence electrons. The fourth-order valence-electron chi connectivity index (χ4n) is 1.86. The van der Waals surface area contributed by atoms with E-state index in [-0.39, 0.29) is 0 Å². The van der Waals surface area contributed by atoms with Gasteiger partial charge in [0.25, 0.3) is 0 Å². The number of benzene rings is 1. The molecule has 0 atom stereocenters. The van der Waals surface area contributed by atoms with Gasteiger partial charge < -0.3 is 4.57 Å². The number of fused-ring (bicyclic) bond motifs is 1. The van der Waals surface area contributed by atoms with E-state index in [1.165, 1.54) is 5.39 Å². The van der Waals surface area contributed by atoms with Crippen LogP contribution in [0.4, 0.5) is 0 Å². The van der Waals surface area contributed by atoms with Gasteiger partial charge in [0, 0.05) is 18.1 Å². The van der Waals surface area contributed by atoms with Gasteiger partial charge in [0.15, 0.2) is 0 Å². The maximum Gasteiger partial charge on any atom is 0.0669 e. The van der Waals surface area contributed by atoms with E-state index in [4.69, 9.17) is 11.6 Å². The Morgan fingerprint density at radius 2 is 1.94 bits per heavy atom. The van der Waals surface area contributed by atoms with E-state index < -0.39 is 0 Å². The van der Waals surface area contributed by atoms with Gasteiger partial charge in [-0.15, -0.1) is 0 Å². The van der Waals surface area contributed by atoms with Crippen molar-refractivity contribution < 1.29 is 0 Å². The van der Waals surface area contributed by atoms with Crippen LogP contribution in [0.25, 0.3) is 10.9 Å². The lowest BCUT2D eigenvalue weighted by Crippen LogP contribution is -2.09. The number of rotatable bonds is 2. The van der Waals surface area contributed by atoms with Crippen molar-refractivity contribution in [3.05, 3.63) is 35.5 Å². The first-order valence-corrected chi connectivity index (χ1v) is 6.08. The average molecular weight is 236 g/mol. The molecule has 0 aliphatic rings. The molecule has 2 heteroatoms. The molecular weight excluding hydrogens is 218 g/mol. The van der Waals surface area contributed by atoms with E-state index >= 15 is 0 Å². The Labute approximate surface area is 102 Å². The van der Waals surface area contributed by atoms with Gasteiger partial charge in [0.2, 0.25) is 0 Å². The van der Waals surface area contributed by atoms with Crippen LogP contribution in [0.15, 0.2) is 30.5 Å².